The molecule has 0 amide bonds. The number of nitrogens with zero attached hydrogens (tertiary/aromatic N) is 1. The summed E-state index contributed by atoms with van der Waals surface area (Å²) in [4.78, 5) is 0. The molecule has 1 rings (SSSR count). The second kappa shape index (κ2) is 16.6. The van der Waals surface area contributed by atoms with Gasteiger partial charge in [0.1, 0.15) is 0 Å². The third kappa shape index (κ3) is 16.9. The first-order valence-corrected chi connectivity index (χ1v) is 10.9. The molecule has 0 heterocycles. The lowest BCUT2D eigenvalue weighted by Gasteiger charge is -2.23. The second-order valence-corrected chi connectivity index (χ2v) is 8.85. The van der Waals surface area contributed by atoms with E-state index in [4.69, 9.17) is 0 Å². The summed E-state index contributed by atoms with van der Waals surface area (Å²) < 4.78 is 1.12. The van der Waals surface area contributed by atoms with Gasteiger partial charge in [-0.05, 0) is 31.2 Å². The van der Waals surface area contributed by atoms with Crippen molar-refractivity contribution in [2.24, 2.45) is 0 Å². The minimum Gasteiger partial charge on any atom is -1.00 e. The molecule has 0 saturated carbocycles. The maximum absolute atomic E-state index is 2.29. The summed E-state index contributed by atoms with van der Waals surface area (Å²) in [5.41, 5.74) is 1.50. The molecule has 0 bridgehead atoms. The molecule has 1 aromatic carbocycles. The number of halogens is 1. The molecule has 0 fully saturated rings. The van der Waals surface area contributed by atoms with Gasteiger partial charge in [0.05, 0.1) is 27.7 Å². The molecule has 0 aliphatic carbocycles. The lowest BCUT2D eigenvalue weighted by molar-refractivity contribution is -0.870. The van der Waals surface area contributed by atoms with E-state index >= 15 is 0 Å². The maximum Gasteiger partial charge on any atom is 0.0780 e. The predicted octanol–water partition coefficient (Wildman–Crippen LogP) is 4.01. The third-order valence-electron chi connectivity index (χ3n) is 5.14. The van der Waals surface area contributed by atoms with Crippen molar-refractivity contribution in [1.82, 2.24) is 0 Å². The molecule has 0 aliphatic rings. The average Bonchev–Trinajstić information content (AvgIpc) is 2.58. The van der Waals surface area contributed by atoms with Crippen molar-refractivity contribution in [1.29, 1.82) is 0 Å². The molecule has 0 unspecified atom stereocenters. The molecule has 2 heteroatoms. The van der Waals surface area contributed by atoms with Crippen molar-refractivity contribution in [3.8, 4) is 0 Å². The van der Waals surface area contributed by atoms with Crippen molar-refractivity contribution < 1.29 is 16.9 Å². The minimum absolute atomic E-state index is 0. The Morgan fingerprint density at radius 3 is 1.35 bits per heavy atom. The summed E-state index contributed by atoms with van der Waals surface area (Å²) in [5, 5.41) is 0. The Kier molecular flexibility index (Phi) is 16.3. The van der Waals surface area contributed by atoms with Gasteiger partial charge in [-0.15, -0.1) is 0 Å². The highest BCUT2D eigenvalue weighted by molar-refractivity contribution is 5.14. The highest BCUT2D eigenvalue weighted by Crippen LogP contribution is 2.14. The molecule has 1 aromatic rings. The van der Waals surface area contributed by atoms with Crippen molar-refractivity contribution in [2.75, 3.05) is 27.7 Å². The number of rotatable bonds is 16. The zero-order chi connectivity index (χ0) is 18.2. The van der Waals surface area contributed by atoms with E-state index in [1.807, 2.05) is 0 Å². The van der Waals surface area contributed by atoms with Gasteiger partial charge in [-0.2, -0.15) is 0 Å². The van der Waals surface area contributed by atoms with Gasteiger partial charge in [-0.1, -0.05) is 94.5 Å². The predicted molar refractivity (Wildman–Crippen MR) is 113 cm³/mol. The molecular weight excluding hydrogens is 338 g/mol. The van der Waals surface area contributed by atoms with Gasteiger partial charge in [0.25, 0.3) is 0 Å². The van der Waals surface area contributed by atoms with E-state index in [0.29, 0.717) is 0 Å². The van der Waals surface area contributed by atoms with Crippen LogP contribution in [0.3, 0.4) is 0 Å². The molecule has 0 aliphatic heterocycles. The van der Waals surface area contributed by atoms with Gasteiger partial charge in [0.2, 0.25) is 0 Å². The fourth-order valence-corrected chi connectivity index (χ4v) is 3.50. The van der Waals surface area contributed by atoms with E-state index in [9.17, 15) is 0 Å². The third-order valence-corrected chi connectivity index (χ3v) is 5.14. The standard InChI is InChI=1S/C24H44N.ClH/c1-25(2,3)23-19-14-12-10-8-6-4-5-7-9-11-13-16-20-24-21-17-15-18-22-24;/h15,17-18,21-22H,4-14,16,19-20,23H2,1-3H3;1H/q+1;/p-1. The van der Waals surface area contributed by atoms with Crippen LogP contribution in [0.2, 0.25) is 0 Å². The number of aryl methyl sites for hydroxylation is 1. The molecular formula is C24H44ClN. The lowest BCUT2D eigenvalue weighted by Crippen LogP contribution is -3.00. The van der Waals surface area contributed by atoms with E-state index in [1.54, 1.807) is 0 Å². The SMILES string of the molecule is C[N+](C)(C)CCCCCCCCCCCCCCCc1ccccc1.[Cl-]. The maximum atomic E-state index is 2.29. The van der Waals surface area contributed by atoms with Crippen LogP contribution in [0.1, 0.15) is 89.0 Å². The number of unbranched alkanes of at least 4 members (excludes halogenated alkanes) is 12. The molecule has 0 N–H and O–H groups in total. The van der Waals surface area contributed by atoms with Gasteiger partial charge in [-0.25, -0.2) is 0 Å². The van der Waals surface area contributed by atoms with Gasteiger partial charge in [-0.3, -0.25) is 0 Å². The van der Waals surface area contributed by atoms with Crippen LogP contribution in [-0.2, 0) is 6.42 Å². The Bertz CT molecular complexity index is 396. The lowest BCUT2D eigenvalue weighted by atomic mass is 10.0. The van der Waals surface area contributed by atoms with Gasteiger partial charge < -0.3 is 16.9 Å². The summed E-state index contributed by atoms with van der Waals surface area (Å²) in [5.74, 6) is 0. The number of quaternary nitrogens is 1. The first kappa shape index (κ1) is 25.5. The topological polar surface area (TPSA) is 0 Å². The number of benzene rings is 1. The van der Waals surface area contributed by atoms with E-state index < -0.39 is 0 Å². The van der Waals surface area contributed by atoms with Crippen LogP contribution < -0.4 is 12.4 Å². The van der Waals surface area contributed by atoms with E-state index in [2.05, 4.69) is 51.5 Å². The molecule has 1 nitrogen and oxygen atoms in total. The van der Waals surface area contributed by atoms with E-state index in [1.165, 1.54) is 102 Å². The number of hydrogen-bond donors (Lipinski definition) is 0. The first-order chi connectivity index (χ1) is 12.1. The smallest absolute Gasteiger partial charge is 0.0780 e. The molecule has 0 saturated heterocycles. The van der Waals surface area contributed by atoms with Crippen LogP contribution in [0.25, 0.3) is 0 Å². The Hall–Kier alpha value is -0.530. The van der Waals surface area contributed by atoms with E-state index in [0.717, 1.165) is 4.48 Å². The van der Waals surface area contributed by atoms with E-state index in [-0.39, 0.29) is 12.4 Å². The quantitative estimate of drug-likeness (QED) is 0.300. The summed E-state index contributed by atoms with van der Waals surface area (Å²) in [7, 11) is 6.88. The molecule has 0 spiro atoms. The van der Waals surface area contributed by atoms with Crippen molar-refractivity contribution in [3.05, 3.63) is 35.9 Å². The Balaban J connectivity index is 0.00000625. The molecule has 0 aromatic heterocycles. The Morgan fingerprint density at radius 2 is 0.923 bits per heavy atom. The minimum atomic E-state index is 0. The van der Waals surface area contributed by atoms with Gasteiger partial charge in [0, 0.05) is 0 Å². The monoisotopic (exact) mass is 381 g/mol. The van der Waals surface area contributed by atoms with Crippen LogP contribution in [0.5, 0.6) is 0 Å². The van der Waals surface area contributed by atoms with Gasteiger partial charge in [0.15, 0.2) is 0 Å². The van der Waals surface area contributed by atoms with Crippen LogP contribution in [0.4, 0.5) is 0 Å². The van der Waals surface area contributed by atoms with Crippen LogP contribution >= 0.6 is 0 Å². The fraction of sp³-hybridized carbons (Fsp3) is 0.750. The zero-order valence-corrected chi connectivity index (χ0v) is 18.6. The highest BCUT2D eigenvalue weighted by atomic mass is 35.5. The molecule has 26 heavy (non-hydrogen) atoms. The molecule has 152 valence electrons. The summed E-state index contributed by atoms with van der Waals surface area (Å²) >= 11 is 0. The number of hydrogen-bond acceptors (Lipinski definition) is 0. The van der Waals surface area contributed by atoms with Crippen molar-refractivity contribution >= 4 is 0 Å². The Morgan fingerprint density at radius 1 is 0.538 bits per heavy atom. The van der Waals surface area contributed by atoms with Crippen molar-refractivity contribution in [3.63, 3.8) is 0 Å². The second-order valence-electron chi connectivity index (χ2n) is 8.85. The average molecular weight is 382 g/mol. The van der Waals surface area contributed by atoms with Crippen LogP contribution in [0.15, 0.2) is 30.3 Å². The molecule has 0 atom stereocenters. The van der Waals surface area contributed by atoms with Crippen molar-refractivity contribution in [2.45, 2.75) is 89.9 Å². The first-order valence-electron chi connectivity index (χ1n) is 10.9. The van der Waals surface area contributed by atoms with Crippen LogP contribution in [-0.4, -0.2) is 32.2 Å². The van der Waals surface area contributed by atoms with Crippen LogP contribution in [0, 0.1) is 0 Å². The van der Waals surface area contributed by atoms with Gasteiger partial charge >= 0.3 is 0 Å². The summed E-state index contributed by atoms with van der Waals surface area (Å²) in [6, 6.07) is 10.9. The highest BCUT2D eigenvalue weighted by Gasteiger charge is 2.04. The normalized spacial score (nSPS) is 11.3. The largest absolute Gasteiger partial charge is 1.00 e. The fourth-order valence-electron chi connectivity index (χ4n) is 3.50. The summed E-state index contributed by atoms with van der Waals surface area (Å²) in [6.07, 6.45) is 19.9. The summed E-state index contributed by atoms with van der Waals surface area (Å²) in [6.45, 7) is 1.32. The molecule has 0 radical (unpaired) electrons. The Labute approximate surface area is 170 Å². The zero-order valence-electron chi connectivity index (χ0n) is 17.8.